The second-order valence-electron chi connectivity index (χ2n) is 5.82. The molecule has 3 atom stereocenters. The van der Waals surface area contributed by atoms with Gasteiger partial charge in [-0.1, -0.05) is 13.8 Å². The van der Waals surface area contributed by atoms with Crippen LogP contribution in [0.5, 0.6) is 0 Å². The summed E-state index contributed by atoms with van der Waals surface area (Å²) in [5, 5.41) is 12.0. The summed E-state index contributed by atoms with van der Waals surface area (Å²) < 4.78 is 5.90. The van der Waals surface area contributed by atoms with Crippen LogP contribution in [0, 0.1) is 11.8 Å². The second-order valence-corrected chi connectivity index (χ2v) is 5.82. The van der Waals surface area contributed by atoms with Crippen molar-refractivity contribution < 1.29 is 4.42 Å². The highest BCUT2D eigenvalue weighted by atomic mass is 16.4. The molecule has 1 aromatic heterocycles. The zero-order valence-corrected chi connectivity index (χ0v) is 11.4. The molecule has 4 nitrogen and oxygen atoms in total. The van der Waals surface area contributed by atoms with Crippen molar-refractivity contribution in [3.63, 3.8) is 0 Å². The Hall–Kier alpha value is -0.900. The van der Waals surface area contributed by atoms with Crippen molar-refractivity contribution in [3.05, 3.63) is 11.8 Å². The molecule has 2 aliphatic rings. The van der Waals surface area contributed by atoms with Crippen LogP contribution in [0.2, 0.25) is 0 Å². The molecule has 0 bridgehead atoms. The zero-order chi connectivity index (χ0) is 12.5. The molecule has 3 rings (SSSR count). The number of hydrogen-bond acceptors (Lipinski definition) is 4. The first-order chi connectivity index (χ1) is 8.81. The van der Waals surface area contributed by atoms with Crippen molar-refractivity contribution >= 4 is 0 Å². The molecule has 1 N–H and O–H groups in total. The number of nitrogens with one attached hydrogen (secondary N) is 1. The highest BCUT2D eigenvalue weighted by Gasteiger charge is 2.47. The molecule has 1 heterocycles. The van der Waals surface area contributed by atoms with Crippen molar-refractivity contribution in [1.29, 1.82) is 0 Å². The molecule has 1 aromatic rings. The molecular formula is C14H23N3O. The molecule has 18 heavy (non-hydrogen) atoms. The smallest absolute Gasteiger partial charge is 0.233 e. The van der Waals surface area contributed by atoms with Crippen LogP contribution < -0.4 is 5.32 Å². The number of fused-ring (bicyclic) bond motifs is 1. The number of rotatable bonds is 6. The summed E-state index contributed by atoms with van der Waals surface area (Å²) in [4.78, 5) is 0. The van der Waals surface area contributed by atoms with Gasteiger partial charge in [-0.2, -0.15) is 0 Å². The Balaban J connectivity index is 1.64. The maximum absolute atomic E-state index is 5.90. The molecule has 2 fully saturated rings. The average Bonchev–Trinajstić information content (AvgIpc) is 2.84. The standard InChI is InChI=1S/C14H23N3O/c1-3-5-15-12(4-2)14-17-16-13(18-14)11-7-9-6-10(9)8-11/h9-12,15H,3-8H2,1-2H3. The van der Waals surface area contributed by atoms with E-state index >= 15 is 0 Å². The quantitative estimate of drug-likeness (QED) is 0.842. The summed E-state index contributed by atoms with van der Waals surface area (Å²) in [6, 6.07) is 0.224. The van der Waals surface area contributed by atoms with E-state index in [1.165, 1.54) is 19.3 Å². The summed E-state index contributed by atoms with van der Waals surface area (Å²) in [6.45, 7) is 5.33. The van der Waals surface area contributed by atoms with Gasteiger partial charge in [-0.3, -0.25) is 0 Å². The van der Waals surface area contributed by atoms with Gasteiger partial charge in [0.25, 0.3) is 0 Å². The molecule has 3 unspecified atom stereocenters. The lowest BCUT2D eigenvalue weighted by atomic mass is 10.0. The van der Waals surface area contributed by atoms with E-state index in [2.05, 4.69) is 29.4 Å². The monoisotopic (exact) mass is 249 g/mol. The van der Waals surface area contributed by atoms with E-state index in [1.54, 1.807) is 0 Å². The molecule has 0 aromatic carbocycles. The highest BCUT2D eigenvalue weighted by Crippen LogP contribution is 2.57. The van der Waals surface area contributed by atoms with Crippen LogP contribution in [-0.2, 0) is 0 Å². The van der Waals surface area contributed by atoms with Crippen LogP contribution in [0.25, 0.3) is 0 Å². The van der Waals surface area contributed by atoms with Crippen LogP contribution in [0.15, 0.2) is 4.42 Å². The summed E-state index contributed by atoms with van der Waals surface area (Å²) in [7, 11) is 0. The van der Waals surface area contributed by atoms with Crippen LogP contribution in [-0.4, -0.2) is 16.7 Å². The topological polar surface area (TPSA) is 51.0 Å². The number of hydrogen-bond donors (Lipinski definition) is 1. The highest BCUT2D eigenvalue weighted by molar-refractivity contribution is 5.06. The molecule has 0 saturated heterocycles. The fraction of sp³-hybridized carbons (Fsp3) is 0.857. The van der Waals surface area contributed by atoms with E-state index in [0.717, 1.165) is 43.0 Å². The van der Waals surface area contributed by atoms with Gasteiger partial charge < -0.3 is 9.73 Å². The number of nitrogens with zero attached hydrogens (tertiary/aromatic N) is 2. The molecule has 100 valence electrons. The van der Waals surface area contributed by atoms with Gasteiger partial charge in [0, 0.05) is 5.92 Å². The van der Waals surface area contributed by atoms with Gasteiger partial charge in [0.15, 0.2) is 0 Å². The summed E-state index contributed by atoms with van der Waals surface area (Å²) in [6.07, 6.45) is 6.10. The first-order valence-electron chi connectivity index (χ1n) is 7.38. The van der Waals surface area contributed by atoms with Gasteiger partial charge in [0.2, 0.25) is 11.8 Å². The Morgan fingerprint density at radius 1 is 1.22 bits per heavy atom. The average molecular weight is 249 g/mol. The van der Waals surface area contributed by atoms with Crippen molar-refractivity contribution in [3.8, 4) is 0 Å². The van der Waals surface area contributed by atoms with Gasteiger partial charge in [0.1, 0.15) is 0 Å². The minimum Gasteiger partial charge on any atom is -0.423 e. The van der Waals surface area contributed by atoms with Crippen molar-refractivity contribution in [1.82, 2.24) is 15.5 Å². The van der Waals surface area contributed by atoms with E-state index < -0.39 is 0 Å². The lowest BCUT2D eigenvalue weighted by molar-refractivity contribution is 0.353. The predicted molar refractivity (Wildman–Crippen MR) is 69.2 cm³/mol. The summed E-state index contributed by atoms with van der Waals surface area (Å²) in [5.74, 6) is 4.13. The van der Waals surface area contributed by atoms with Crippen LogP contribution in [0.3, 0.4) is 0 Å². The first kappa shape index (κ1) is 12.2. The van der Waals surface area contributed by atoms with E-state index in [-0.39, 0.29) is 6.04 Å². The van der Waals surface area contributed by atoms with Gasteiger partial charge in [-0.15, -0.1) is 10.2 Å². The Labute approximate surface area is 109 Å². The normalized spacial score (nSPS) is 31.3. The summed E-state index contributed by atoms with van der Waals surface area (Å²) in [5.41, 5.74) is 0. The maximum Gasteiger partial charge on any atom is 0.233 e. The van der Waals surface area contributed by atoms with Gasteiger partial charge in [-0.25, -0.2) is 0 Å². The van der Waals surface area contributed by atoms with Crippen molar-refractivity contribution in [2.45, 2.75) is 57.9 Å². The molecule has 0 amide bonds. The fourth-order valence-electron chi connectivity index (χ4n) is 3.19. The van der Waals surface area contributed by atoms with E-state index in [4.69, 9.17) is 4.42 Å². The predicted octanol–water partition coefficient (Wildman–Crippen LogP) is 3.03. The Morgan fingerprint density at radius 2 is 2.00 bits per heavy atom. The molecule has 0 radical (unpaired) electrons. The van der Waals surface area contributed by atoms with Crippen molar-refractivity contribution in [2.24, 2.45) is 11.8 Å². The van der Waals surface area contributed by atoms with E-state index in [1.807, 2.05) is 0 Å². The molecule has 2 saturated carbocycles. The SMILES string of the molecule is CCCNC(CC)c1nnc(C2CC3CC3C2)o1. The first-order valence-corrected chi connectivity index (χ1v) is 7.38. The number of aromatic nitrogens is 2. The maximum atomic E-state index is 5.90. The van der Waals surface area contributed by atoms with Crippen LogP contribution in [0.1, 0.15) is 69.7 Å². The third-order valence-electron chi connectivity index (χ3n) is 4.40. The molecule has 0 spiro atoms. The van der Waals surface area contributed by atoms with Crippen LogP contribution >= 0.6 is 0 Å². The van der Waals surface area contributed by atoms with Gasteiger partial charge >= 0.3 is 0 Å². The molecule has 2 aliphatic carbocycles. The Morgan fingerprint density at radius 3 is 2.67 bits per heavy atom. The third-order valence-corrected chi connectivity index (χ3v) is 4.40. The summed E-state index contributed by atoms with van der Waals surface area (Å²) >= 11 is 0. The van der Waals surface area contributed by atoms with Gasteiger partial charge in [0.05, 0.1) is 6.04 Å². The molecule has 4 heteroatoms. The lowest BCUT2D eigenvalue weighted by Gasteiger charge is -2.12. The molecule has 0 aliphatic heterocycles. The second kappa shape index (κ2) is 5.00. The fourth-order valence-corrected chi connectivity index (χ4v) is 3.19. The lowest BCUT2D eigenvalue weighted by Crippen LogP contribution is -2.21. The third kappa shape index (κ3) is 2.30. The van der Waals surface area contributed by atoms with Gasteiger partial charge in [-0.05, 0) is 50.5 Å². The van der Waals surface area contributed by atoms with Crippen LogP contribution in [0.4, 0.5) is 0 Å². The minimum atomic E-state index is 0.224. The van der Waals surface area contributed by atoms with E-state index in [9.17, 15) is 0 Å². The Kier molecular flexibility index (Phi) is 3.37. The largest absolute Gasteiger partial charge is 0.423 e. The van der Waals surface area contributed by atoms with E-state index in [0.29, 0.717) is 5.92 Å². The minimum absolute atomic E-state index is 0.224. The zero-order valence-electron chi connectivity index (χ0n) is 11.4. The molecular weight excluding hydrogens is 226 g/mol. The Bertz CT molecular complexity index is 393. The van der Waals surface area contributed by atoms with Crippen molar-refractivity contribution in [2.75, 3.05) is 6.54 Å².